The Balaban J connectivity index is 1.72. The molecule has 116 valence electrons. The molecular formula is C15H24N4OS. The molecule has 2 aliphatic rings. The maximum absolute atomic E-state index is 12.6. The van der Waals surface area contributed by atoms with Crippen molar-refractivity contribution in [3.63, 3.8) is 0 Å². The zero-order chi connectivity index (χ0) is 14.8. The molecule has 21 heavy (non-hydrogen) atoms. The molecule has 0 saturated carbocycles. The second-order valence-corrected chi connectivity index (χ2v) is 7.21. The van der Waals surface area contributed by atoms with Crippen molar-refractivity contribution in [2.24, 2.45) is 5.92 Å². The highest BCUT2D eigenvalue weighted by molar-refractivity contribution is 7.18. The minimum absolute atomic E-state index is 0.0696. The highest BCUT2D eigenvalue weighted by Gasteiger charge is 2.26. The summed E-state index contributed by atoms with van der Waals surface area (Å²) in [6.07, 6.45) is 5.86. The van der Waals surface area contributed by atoms with Crippen LogP contribution in [0.5, 0.6) is 0 Å². The first-order valence-electron chi connectivity index (χ1n) is 7.95. The maximum atomic E-state index is 12.6. The number of piperidine rings is 2. The van der Waals surface area contributed by atoms with E-state index in [9.17, 15) is 4.79 Å². The van der Waals surface area contributed by atoms with E-state index in [1.807, 2.05) is 4.90 Å². The first kappa shape index (κ1) is 14.6. The molecule has 0 unspecified atom stereocenters. The van der Waals surface area contributed by atoms with Crippen LogP contribution in [0.25, 0.3) is 0 Å². The van der Waals surface area contributed by atoms with Crippen molar-refractivity contribution in [3.05, 3.63) is 4.88 Å². The highest BCUT2D eigenvalue weighted by atomic mass is 32.1. The Labute approximate surface area is 130 Å². The predicted molar refractivity (Wildman–Crippen MR) is 86.9 cm³/mol. The molecule has 0 radical (unpaired) electrons. The van der Waals surface area contributed by atoms with E-state index in [1.165, 1.54) is 30.6 Å². The van der Waals surface area contributed by atoms with Crippen molar-refractivity contribution in [1.82, 2.24) is 9.88 Å². The number of hydrogen-bond acceptors (Lipinski definition) is 5. The number of carbonyl (C=O) groups excluding carboxylic acids is 1. The molecule has 2 aliphatic heterocycles. The average molecular weight is 308 g/mol. The topological polar surface area (TPSA) is 62.5 Å². The number of nitrogen functional groups attached to an aromatic ring is 1. The lowest BCUT2D eigenvalue weighted by Crippen LogP contribution is -2.37. The van der Waals surface area contributed by atoms with Crippen LogP contribution in [-0.2, 0) is 0 Å². The molecule has 1 aromatic rings. The van der Waals surface area contributed by atoms with E-state index in [0.29, 0.717) is 10.7 Å². The third-order valence-corrected chi connectivity index (χ3v) is 5.65. The summed E-state index contributed by atoms with van der Waals surface area (Å²) in [7, 11) is 0. The van der Waals surface area contributed by atoms with Gasteiger partial charge < -0.3 is 15.5 Å². The van der Waals surface area contributed by atoms with E-state index in [0.717, 1.165) is 50.1 Å². The number of anilines is 2. The lowest BCUT2D eigenvalue weighted by molar-refractivity contribution is 0.0703. The Kier molecular flexibility index (Phi) is 4.33. The van der Waals surface area contributed by atoms with Crippen LogP contribution in [0.1, 0.15) is 48.7 Å². The molecule has 2 saturated heterocycles. The van der Waals surface area contributed by atoms with Crippen LogP contribution in [0.3, 0.4) is 0 Å². The van der Waals surface area contributed by atoms with E-state index >= 15 is 0 Å². The van der Waals surface area contributed by atoms with Crippen molar-refractivity contribution in [3.8, 4) is 0 Å². The molecule has 2 N–H and O–H groups in total. The second kappa shape index (κ2) is 6.22. The number of carbonyl (C=O) groups is 1. The van der Waals surface area contributed by atoms with Crippen LogP contribution in [0, 0.1) is 5.92 Å². The zero-order valence-corrected chi connectivity index (χ0v) is 13.5. The molecule has 0 spiro atoms. The summed E-state index contributed by atoms with van der Waals surface area (Å²) in [5, 5.41) is 0.918. The molecule has 3 heterocycles. The molecule has 5 nitrogen and oxygen atoms in total. The van der Waals surface area contributed by atoms with Crippen LogP contribution in [0.15, 0.2) is 0 Å². The van der Waals surface area contributed by atoms with Gasteiger partial charge in [0.2, 0.25) is 0 Å². The van der Waals surface area contributed by atoms with Gasteiger partial charge in [0, 0.05) is 26.2 Å². The number of likely N-dealkylation sites (tertiary alicyclic amines) is 1. The number of thiazole rings is 1. The van der Waals surface area contributed by atoms with E-state index in [2.05, 4.69) is 16.8 Å². The standard InChI is InChI=1S/C15H24N4OS/c1-11-5-9-18(10-6-11)14(20)12-13(16)17-15(21-12)19-7-3-2-4-8-19/h11H,2-10,16H2,1H3. The van der Waals surface area contributed by atoms with Crippen molar-refractivity contribution in [1.29, 1.82) is 0 Å². The Morgan fingerprint density at radius 2 is 1.86 bits per heavy atom. The van der Waals surface area contributed by atoms with Gasteiger partial charge in [0.05, 0.1) is 0 Å². The number of rotatable bonds is 2. The average Bonchev–Trinajstić information content (AvgIpc) is 2.90. The predicted octanol–water partition coefficient (Wildman–Crippen LogP) is 2.59. The van der Waals surface area contributed by atoms with E-state index in [4.69, 9.17) is 5.73 Å². The quantitative estimate of drug-likeness (QED) is 0.912. The normalized spacial score (nSPS) is 20.8. The maximum Gasteiger partial charge on any atom is 0.267 e. The van der Waals surface area contributed by atoms with Gasteiger partial charge in [-0.2, -0.15) is 0 Å². The summed E-state index contributed by atoms with van der Waals surface area (Å²) in [6, 6.07) is 0. The number of hydrogen-bond donors (Lipinski definition) is 1. The van der Waals surface area contributed by atoms with Crippen LogP contribution in [0.2, 0.25) is 0 Å². The van der Waals surface area contributed by atoms with E-state index in [1.54, 1.807) is 0 Å². The van der Waals surface area contributed by atoms with Gasteiger partial charge in [-0.25, -0.2) is 4.98 Å². The van der Waals surface area contributed by atoms with Crippen molar-refractivity contribution >= 4 is 28.2 Å². The SMILES string of the molecule is CC1CCN(C(=O)c2sc(N3CCCCC3)nc2N)CC1. The summed E-state index contributed by atoms with van der Waals surface area (Å²) in [6.45, 7) is 5.99. The Hall–Kier alpha value is -1.30. The summed E-state index contributed by atoms with van der Waals surface area (Å²) in [5.74, 6) is 1.20. The Bertz CT molecular complexity index is 502. The van der Waals surface area contributed by atoms with Crippen LogP contribution in [0.4, 0.5) is 10.9 Å². The van der Waals surface area contributed by atoms with Crippen LogP contribution >= 0.6 is 11.3 Å². The van der Waals surface area contributed by atoms with Gasteiger partial charge in [-0.05, 0) is 38.0 Å². The first-order valence-corrected chi connectivity index (χ1v) is 8.77. The monoisotopic (exact) mass is 308 g/mol. The summed E-state index contributed by atoms with van der Waals surface area (Å²) in [5.41, 5.74) is 6.01. The fourth-order valence-corrected chi connectivity index (χ4v) is 4.05. The molecule has 3 rings (SSSR count). The minimum Gasteiger partial charge on any atom is -0.382 e. The van der Waals surface area contributed by atoms with Crippen molar-refractivity contribution in [2.45, 2.75) is 39.0 Å². The third-order valence-electron chi connectivity index (χ3n) is 4.53. The first-order chi connectivity index (χ1) is 10.1. The van der Waals surface area contributed by atoms with Crippen molar-refractivity contribution < 1.29 is 4.79 Å². The van der Waals surface area contributed by atoms with Crippen LogP contribution < -0.4 is 10.6 Å². The lowest BCUT2D eigenvalue weighted by atomic mass is 9.99. The molecule has 0 aliphatic carbocycles. The van der Waals surface area contributed by atoms with E-state index in [-0.39, 0.29) is 5.91 Å². The fourth-order valence-electron chi connectivity index (χ4n) is 3.05. The number of amides is 1. The molecule has 1 aromatic heterocycles. The molecular weight excluding hydrogens is 284 g/mol. The smallest absolute Gasteiger partial charge is 0.267 e. The van der Waals surface area contributed by atoms with Gasteiger partial charge in [0.15, 0.2) is 5.13 Å². The third kappa shape index (κ3) is 3.15. The van der Waals surface area contributed by atoms with Gasteiger partial charge in [-0.1, -0.05) is 18.3 Å². The molecule has 0 aromatic carbocycles. The summed E-state index contributed by atoms with van der Waals surface area (Å²) in [4.78, 5) is 21.9. The van der Waals surface area contributed by atoms with Gasteiger partial charge >= 0.3 is 0 Å². The van der Waals surface area contributed by atoms with Gasteiger partial charge in [-0.3, -0.25) is 4.79 Å². The van der Waals surface area contributed by atoms with Crippen LogP contribution in [-0.4, -0.2) is 42.0 Å². The highest BCUT2D eigenvalue weighted by Crippen LogP contribution is 2.31. The molecule has 6 heteroatoms. The number of aromatic nitrogens is 1. The van der Waals surface area contributed by atoms with E-state index < -0.39 is 0 Å². The minimum atomic E-state index is 0.0696. The summed E-state index contributed by atoms with van der Waals surface area (Å²) >= 11 is 1.47. The zero-order valence-electron chi connectivity index (χ0n) is 12.7. The molecule has 0 bridgehead atoms. The number of nitrogens with zero attached hydrogens (tertiary/aromatic N) is 3. The largest absolute Gasteiger partial charge is 0.382 e. The molecule has 1 amide bonds. The van der Waals surface area contributed by atoms with Gasteiger partial charge in [0.1, 0.15) is 10.7 Å². The number of nitrogens with two attached hydrogens (primary N) is 1. The second-order valence-electron chi connectivity index (χ2n) is 6.23. The van der Waals surface area contributed by atoms with Crippen molar-refractivity contribution in [2.75, 3.05) is 36.8 Å². The Morgan fingerprint density at radius 3 is 2.52 bits per heavy atom. The summed E-state index contributed by atoms with van der Waals surface area (Å²) < 4.78 is 0. The molecule has 2 fully saturated rings. The lowest BCUT2D eigenvalue weighted by Gasteiger charge is -2.30. The van der Waals surface area contributed by atoms with Gasteiger partial charge in [0.25, 0.3) is 5.91 Å². The van der Waals surface area contributed by atoms with Gasteiger partial charge in [-0.15, -0.1) is 0 Å². The fraction of sp³-hybridized carbons (Fsp3) is 0.733. The molecule has 0 atom stereocenters. The Morgan fingerprint density at radius 1 is 1.19 bits per heavy atom.